The Labute approximate surface area is 146 Å². The number of nitrogens with zero attached hydrogens (tertiary/aromatic N) is 1. The number of aromatic nitrogens is 1. The number of carbonyl (C=O) groups is 1. The van der Waals surface area contributed by atoms with Crippen molar-refractivity contribution in [3.63, 3.8) is 0 Å². The highest BCUT2D eigenvalue weighted by atomic mass is 32.2. The fraction of sp³-hybridized carbons (Fsp3) is 0.294. The van der Waals surface area contributed by atoms with E-state index < -0.39 is 15.6 Å². The molecule has 0 atom stereocenters. The molecule has 0 bridgehead atoms. The number of carbonyl (C=O) groups excluding carboxylic acids is 1. The predicted octanol–water partition coefficient (Wildman–Crippen LogP) is 2.06. The molecule has 0 spiro atoms. The summed E-state index contributed by atoms with van der Waals surface area (Å²) >= 11 is 0. The summed E-state index contributed by atoms with van der Waals surface area (Å²) in [4.78, 5) is 16.2. The maximum atomic E-state index is 12.3. The number of nitrogens with two attached hydrogens (primary N) is 1. The van der Waals surface area contributed by atoms with Gasteiger partial charge in [0.05, 0.1) is 23.2 Å². The molecule has 0 unspecified atom stereocenters. The molecule has 1 heterocycles. The molecule has 1 aromatic heterocycles. The molecule has 1 saturated carbocycles. The summed E-state index contributed by atoms with van der Waals surface area (Å²) < 4.78 is 28.9. The Morgan fingerprint density at radius 1 is 1.28 bits per heavy atom. The molecular formula is C17H19N3O4S. The van der Waals surface area contributed by atoms with Crippen LogP contribution in [0.5, 0.6) is 5.75 Å². The summed E-state index contributed by atoms with van der Waals surface area (Å²) in [7, 11) is -3.80. The van der Waals surface area contributed by atoms with Crippen LogP contribution in [0.1, 0.15) is 25.7 Å². The van der Waals surface area contributed by atoms with Crippen molar-refractivity contribution in [2.45, 2.75) is 36.2 Å². The average Bonchev–Trinajstić information content (AvgIpc) is 2.53. The van der Waals surface area contributed by atoms with Gasteiger partial charge in [0.1, 0.15) is 11.4 Å². The summed E-state index contributed by atoms with van der Waals surface area (Å²) in [5, 5.41) is 7.94. The van der Waals surface area contributed by atoms with Crippen LogP contribution in [0.4, 0.5) is 5.69 Å². The number of nitrogens with one attached hydrogen (secondary N) is 1. The summed E-state index contributed by atoms with van der Waals surface area (Å²) in [6.07, 6.45) is 5.79. The smallest absolute Gasteiger partial charge is 0.238 e. The standard InChI is InChI=1S/C17H19N3O4S/c18-25(22,23)15-6-1-5-14(10-15)24-17(7-3-8-17)11-16(21)20-13-4-2-9-19-12-13/h1-2,4-6,9-10,12H,3,7-8,11H2,(H,20,21)(H2,18,22,23). The van der Waals surface area contributed by atoms with Gasteiger partial charge in [-0.3, -0.25) is 9.78 Å². The summed E-state index contributed by atoms with van der Waals surface area (Å²) in [5.74, 6) is 0.218. The van der Waals surface area contributed by atoms with Gasteiger partial charge in [-0.2, -0.15) is 0 Å². The number of rotatable bonds is 6. The fourth-order valence-electron chi connectivity index (χ4n) is 2.79. The van der Waals surface area contributed by atoms with Crippen molar-refractivity contribution in [3.8, 4) is 5.75 Å². The van der Waals surface area contributed by atoms with E-state index in [0.29, 0.717) is 11.4 Å². The van der Waals surface area contributed by atoms with Crippen LogP contribution in [0.15, 0.2) is 53.7 Å². The van der Waals surface area contributed by atoms with Gasteiger partial charge < -0.3 is 10.1 Å². The normalized spacial score (nSPS) is 15.9. The Bertz CT molecular complexity index is 864. The van der Waals surface area contributed by atoms with Gasteiger partial charge >= 0.3 is 0 Å². The molecule has 3 rings (SSSR count). The van der Waals surface area contributed by atoms with E-state index in [1.165, 1.54) is 12.1 Å². The van der Waals surface area contributed by atoms with Gasteiger partial charge in [0.15, 0.2) is 0 Å². The Balaban J connectivity index is 1.70. The quantitative estimate of drug-likeness (QED) is 0.818. The van der Waals surface area contributed by atoms with Gasteiger partial charge in [0.25, 0.3) is 0 Å². The van der Waals surface area contributed by atoms with Gasteiger partial charge in [-0.25, -0.2) is 13.6 Å². The van der Waals surface area contributed by atoms with Crippen LogP contribution >= 0.6 is 0 Å². The van der Waals surface area contributed by atoms with Crippen LogP contribution < -0.4 is 15.2 Å². The number of ether oxygens (including phenoxy) is 1. The van der Waals surface area contributed by atoms with Crippen molar-refractivity contribution in [2.75, 3.05) is 5.32 Å². The first-order valence-corrected chi connectivity index (χ1v) is 9.43. The average molecular weight is 361 g/mol. The maximum absolute atomic E-state index is 12.3. The third kappa shape index (κ3) is 4.34. The van der Waals surface area contributed by atoms with E-state index in [0.717, 1.165) is 19.3 Å². The second-order valence-corrected chi connectivity index (χ2v) is 7.69. The van der Waals surface area contributed by atoms with E-state index in [2.05, 4.69) is 10.3 Å². The van der Waals surface area contributed by atoms with Gasteiger partial charge in [0.2, 0.25) is 15.9 Å². The fourth-order valence-corrected chi connectivity index (χ4v) is 3.33. The maximum Gasteiger partial charge on any atom is 0.238 e. The van der Waals surface area contributed by atoms with Crippen LogP contribution in [-0.4, -0.2) is 24.9 Å². The van der Waals surface area contributed by atoms with Gasteiger partial charge in [0, 0.05) is 12.3 Å². The molecule has 132 valence electrons. The number of amides is 1. The lowest BCUT2D eigenvalue weighted by atomic mass is 9.77. The zero-order valence-electron chi connectivity index (χ0n) is 13.5. The minimum absolute atomic E-state index is 0.0146. The highest BCUT2D eigenvalue weighted by Gasteiger charge is 2.41. The van der Waals surface area contributed by atoms with Gasteiger partial charge in [-0.1, -0.05) is 6.07 Å². The number of hydrogen-bond donors (Lipinski definition) is 2. The third-order valence-electron chi connectivity index (χ3n) is 4.16. The molecule has 1 amide bonds. The molecule has 1 fully saturated rings. The van der Waals surface area contributed by atoms with Gasteiger partial charge in [-0.05, 0) is 43.5 Å². The summed E-state index contributed by atoms with van der Waals surface area (Å²) in [6.45, 7) is 0. The van der Waals surface area contributed by atoms with E-state index in [9.17, 15) is 13.2 Å². The zero-order chi connectivity index (χ0) is 17.9. The molecule has 0 radical (unpaired) electrons. The van der Waals surface area contributed by atoms with Crippen LogP contribution in [0.2, 0.25) is 0 Å². The number of benzene rings is 1. The van der Waals surface area contributed by atoms with E-state index in [1.54, 1.807) is 36.7 Å². The molecule has 1 aromatic carbocycles. The lowest BCUT2D eigenvalue weighted by Crippen LogP contribution is -2.46. The molecule has 1 aliphatic rings. The lowest BCUT2D eigenvalue weighted by Gasteiger charge is -2.41. The minimum atomic E-state index is -3.80. The molecule has 0 aliphatic heterocycles. The number of primary sulfonamides is 1. The molecule has 1 aliphatic carbocycles. The largest absolute Gasteiger partial charge is 0.487 e. The molecule has 7 nitrogen and oxygen atoms in total. The first-order chi connectivity index (χ1) is 11.9. The van der Waals surface area contributed by atoms with Crippen LogP contribution in [0.25, 0.3) is 0 Å². The van der Waals surface area contributed by atoms with E-state index >= 15 is 0 Å². The van der Waals surface area contributed by atoms with Gasteiger partial charge in [-0.15, -0.1) is 0 Å². The van der Waals surface area contributed by atoms with Crippen molar-refractivity contribution in [2.24, 2.45) is 5.14 Å². The SMILES string of the molecule is NS(=O)(=O)c1cccc(OC2(CC(=O)Nc3cccnc3)CCC2)c1. The van der Waals surface area contributed by atoms with E-state index in [-0.39, 0.29) is 17.2 Å². The number of hydrogen-bond acceptors (Lipinski definition) is 5. The molecule has 2 aromatic rings. The monoisotopic (exact) mass is 361 g/mol. The summed E-state index contributed by atoms with van der Waals surface area (Å²) in [5.41, 5.74) is 0.00158. The first kappa shape index (κ1) is 17.4. The molecule has 8 heteroatoms. The molecule has 0 saturated heterocycles. The van der Waals surface area contributed by atoms with Crippen molar-refractivity contribution < 1.29 is 17.9 Å². The van der Waals surface area contributed by atoms with E-state index in [4.69, 9.17) is 9.88 Å². The number of sulfonamides is 1. The zero-order valence-corrected chi connectivity index (χ0v) is 14.3. The van der Waals surface area contributed by atoms with Crippen LogP contribution in [0, 0.1) is 0 Å². The van der Waals surface area contributed by atoms with Crippen molar-refractivity contribution >= 4 is 21.6 Å². The molecule has 25 heavy (non-hydrogen) atoms. The predicted molar refractivity (Wildman–Crippen MR) is 92.5 cm³/mol. The van der Waals surface area contributed by atoms with Crippen molar-refractivity contribution in [3.05, 3.63) is 48.8 Å². The van der Waals surface area contributed by atoms with E-state index in [1.807, 2.05) is 0 Å². The number of anilines is 1. The van der Waals surface area contributed by atoms with Crippen molar-refractivity contribution in [1.82, 2.24) is 4.98 Å². The summed E-state index contributed by atoms with van der Waals surface area (Å²) in [6, 6.07) is 9.52. The highest BCUT2D eigenvalue weighted by molar-refractivity contribution is 7.89. The first-order valence-electron chi connectivity index (χ1n) is 7.88. The van der Waals surface area contributed by atoms with Crippen molar-refractivity contribution in [1.29, 1.82) is 0 Å². The Kier molecular flexibility index (Phi) is 4.73. The topological polar surface area (TPSA) is 111 Å². The Hall–Kier alpha value is -2.45. The second kappa shape index (κ2) is 6.81. The lowest BCUT2D eigenvalue weighted by molar-refractivity contribution is -0.123. The van der Waals surface area contributed by atoms with Crippen LogP contribution in [-0.2, 0) is 14.8 Å². The second-order valence-electron chi connectivity index (χ2n) is 6.13. The third-order valence-corrected chi connectivity index (χ3v) is 5.07. The molecule has 3 N–H and O–H groups in total. The molecular weight excluding hydrogens is 342 g/mol. The Morgan fingerprint density at radius 2 is 2.08 bits per heavy atom. The van der Waals surface area contributed by atoms with Crippen LogP contribution in [0.3, 0.4) is 0 Å². The highest BCUT2D eigenvalue weighted by Crippen LogP contribution is 2.40. The minimum Gasteiger partial charge on any atom is -0.487 e. The Morgan fingerprint density at radius 3 is 2.68 bits per heavy atom. The number of pyridine rings is 1.